The lowest BCUT2D eigenvalue weighted by Crippen LogP contribution is -2.14. The van der Waals surface area contributed by atoms with Crippen LogP contribution in [0, 0.1) is 0 Å². The third-order valence-corrected chi connectivity index (χ3v) is 12.8. The summed E-state index contributed by atoms with van der Waals surface area (Å²) in [5.41, 5.74) is 18.4. The van der Waals surface area contributed by atoms with E-state index in [0.717, 1.165) is 0 Å². The summed E-state index contributed by atoms with van der Waals surface area (Å²) in [5, 5.41) is 7.65. The molecule has 0 saturated heterocycles. The smallest absolute Gasteiger partial charge is 0.0544 e. The molecular weight excluding hydrogens is 663 g/mol. The summed E-state index contributed by atoms with van der Waals surface area (Å²) >= 11 is 0. The molecule has 0 aliphatic heterocycles. The van der Waals surface area contributed by atoms with Crippen molar-refractivity contribution in [2.24, 2.45) is 0 Å². The van der Waals surface area contributed by atoms with Crippen LogP contribution in [-0.4, -0.2) is 4.57 Å². The predicted octanol–water partition coefficient (Wildman–Crippen LogP) is 14.2. The molecule has 1 heterocycles. The average molecular weight is 700 g/mol. The number of fused-ring (bicyclic) bond motifs is 11. The van der Waals surface area contributed by atoms with Gasteiger partial charge in [0.15, 0.2) is 0 Å². The molecule has 9 aromatic carbocycles. The third kappa shape index (κ3) is 4.35. The zero-order valence-corrected chi connectivity index (χ0v) is 30.8. The highest BCUT2D eigenvalue weighted by Gasteiger charge is 2.36. The summed E-state index contributed by atoms with van der Waals surface area (Å²) in [6, 6.07) is 68.5. The summed E-state index contributed by atoms with van der Waals surface area (Å²) in [6.45, 7) is 4.75. The lowest BCUT2D eigenvalue weighted by molar-refractivity contribution is 0.661. The van der Waals surface area contributed by atoms with Gasteiger partial charge in [-0.05, 0) is 125 Å². The predicted molar refractivity (Wildman–Crippen MR) is 232 cm³/mol. The van der Waals surface area contributed by atoms with Gasteiger partial charge in [-0.15, -0.1) is 0 Å². The van der Waals surface area contributed by atoms with Crippen LogP contribution < -0.4 is 0 Å². The average Bonchev–Trinajstić information content (AvgIpc) is 3.82. The number of benzene rings is 9. The van der Waals surface area contributed by atoms with Crippen LogP contribution in [0.15, 0.2) is 182 Å². The summed E-state index contributed by atoms with van der Waals surface area (Å²) in [6.07, 6.45) is 0. The quantitative estimate of drug-likeness (QED) is 0.173. The minimum Gasteiger partial charge on any atom is -0.309 e. The molecule has 0 saturated carbocycles. The minimum atomic E-state index is -0.0820. The van der Waals surface area contributed by atoms with E-state index in [1.807, 2.05) is 0 Å². The fourth-order valence-corrected chi connectivity index (χ4v) is 10.1. The van der Waals surface area contributed by atoms with Gasteiger partial charge in [-0.1, -0.05) is 153 Å². The van der Waals surface area contributed by atoms with Crippen LogP contribution in [-0.2, 0) is 5.41 Å². The zero-order chi connectivity index (χ0) is 36.4. The Bertz CT molecular complexity index is 3250. The van der Waals surface area contributed by atoms with Gasteiger partial charge in [-0.2, -0.15) is 0 Å². The van der Waals surface area contributed by atoms with Gasteiger partial charge in [0, 0.05) is 27.8 Å². The SMILES string of the molecule is CC1(C)c2ccccc2-c2cc3c4cc(-c5ccc6c(c5)-c5ccccc5C6c5ccc6ccccc6c5)ccc4n(-c4ccc5ccccc5c4)c3cc21. The molecule has 0 bridgehead atoms. The topological polar surface area (TPSA) is 4.93 Å². The first-order chi connectivity index (χ1) is 27.0. The fraction of sp³-hybridized carbons (Fsp3) is 0.0741. The normalized spacial score (nSPS) is 15.1. The van der Waals surface area contributed by atoms with Crippen molar-refractivity contribution in [2.45, 2.75) is 25.2 Å². The molecule has 0 amide bonds. The van der Waals surface area contributed by atoms with E-state index in [2.05, 4.69) is 200 Å². The Morgan fingerprint density at radius 3 is 1.87 bits per heavy atom. The molecule has 0 spiro atoms. The maximum absolute atomic E-state index is 2.49. The van der Waals surface area contributed by atoms with Crippen LogP contribution in [0.1, 0.15) is 47.6 Å². The summed E-state index contributed by atoms with van der Waals surface area (Å²) in [4.78, 5) is 0. The standard InChI is InChI=1S/C54H37N/c1-54(2)49-18-10-9-16-42(49)46-31-48-47-30-38(23-26-51(47)55(52(48)32-50(46)54)40-24-21-34-12-4-6-14-36(34)28-40)37-22-25-44-45(29-37)41-15-7-8-17-43(41)53(44)39-20-19-33-11-3-5-13-35(33)27-39/h3-32,53H,1-2H3. The molecule has 1 heteroatoms. The zero-order valence-electron chi connectivity index (χ0n) is 30.8. The second-order valence-corrected chi connectivity index (χ2v) is 16.1. The molecule has 1 aromatic heterocycles. The second-order valence-electron chi connectivity index (χ2n) is 16.1. The Morgan fingerprint density at radius 1 is 0.400 bits per heavy atom. The highest BCUT2D eigenvalue weighted by molar-refractivity contribution is 6.13. The van der Waals surface area contributed by atoms with E-state index in [1.54, 1.807) is 0 Å². The maximum Gasteiger partial charge on any atom is 0.0544 e. The first-order valence-corrected chi connectivity index (χ1v) is 19.5. The summed E-state index contributed by atoms with van der Waals surface area (Å²) in [7, 11) is 0. The molecule has 10 aromatic rings. The Kier molecular flexibility index (Phi) is 6.24. The number of aromatic nitrogens is 1. The molecular formula is C54H37N. The summed E-state index contributed by atoms with van der Waals surface area (Å²) < 4.78 is 2.49. The molecule has 1 atom stereocenters. The van der Waals surface area contributed by atoms with Crippen LogP contribution in [0.3, 0.4) is 0 Å². The van der Waals surface area contributed by atoms with Crippen molar-refractivity contribution in [1.82, 2.24) is 4.57 Å². The van der Waals surface area contributed by atoms with Crippen LogP contribution in [0.2, 0.25) is 0 Å². The van der Waals surface area contributed by atoms with E-state index in [1.165, 1.54) is 110 Å². The molecule has 1 unspecified atom stereocenters. The number of hydrogen-bond acceptors (Lipinski definition) is 0. The van der Waals surface area contributed by atoms with Gasteiger partial charge in [0.25, 0.3) is 0 Å². The molecule has 258 valence electrons. The Morgan fingerprint density at radius 2 is 1.04 bits per heavy atom. The van der Waals surface area contributed by atoms with E-state index in [9.17, 15) is 0 Å². The fourth-order valence-electron chi connectivity index (χ4n) is 10.1. The minimum absolute atomic E-state index is 0.0820. The third-order valence-electron chi connectivity index (χ3n) is 12.8. The Hall–Kier alpha value is -6.70. The van der Waals surface area contributed by atoms with Gasteiger partial charge >= 0.3 is 0 Å². The van der Waals surface area contributed by atoms with Crippen molar-refractivity contribution in [3.8, 4) is 39.1 Å². The van der Waals surface area contributed by atoms with Crippen molar-refractivity contribution in [2.75, 3.05) is 0 Å². The lowest BCUT2D eigenvalue weighted by Gasteiger charge is -2.21. The number of nitrogens with zero attached hydrogens (tertiary/aromatic N) is 1. The molecule has 0 fully saturated rings. The largest absolute Gasteiger partial charge is 0.309 e. The molecule has 2 aliphatic rings. The van der Waals surface area contributed by atoms with Crippen molar-refractivity contribution in [3.05, 3.63) is 210 Å². The van der Waals surface area contributed by atoms with Crippen LogP contribution >= 0.6 is 0 Å². The number of hydrogen-bond donors (Lipinski definition) is 0. The first-order valence-electron chi connectivity index (χ1n) is 19.5. The maximum atomic E-state index is 2.49. The highest BCUT2D eigenvalue weighted by atomic mass is 15.0. The lowest BCUT2D eigenvalue weighted by atomic mass is 9.82. The van der Waals surface area contributed by atoms with E-state index < -0.39 is 0 Å². The van der Waals surface area contributed by atoms with Gasteiger partial charge in [0.05, 0.1) is 11.0 Å². The molecule has 0 radical (unpaired) electrons. The van der Waals surface area contributed by atoms with Gasteiger partial charge in [-0.25, -0.2) is 0 Å². The van der Waals surface area contributed by atoms with Gasteiger partial charge in [0.1, 0.15) is 0 Å². The van der Waals surface area contributed by atoms with Crippen molar-refractivity contribution in [1.29, 1.82) is 0 Å². The van der Waals surface area contributed by atoms with Gasteiger partial charge < -0.3 is 4.57 Å². The van der Waals surface area contributed by atoms with E-state index >= 15 is 0 Å². The van der Waals surface area contributed by atoms with E-state index in [-0.39, 0.29) is 11.3 Å². The van der Waals surface area contributed by atoms with Crippen molar-refractivity contribution < 1.29 is 0 Å². The molecule has 12 rings (SSSR count). The van der Waals surface area contributed by atoms with E-state index in [4.69, 9.17) is 0 Å². The highest BCUT2D eigenvalue weighted by Crippen LogP contribution is 2.52. The van der Waals surface area contributed by atoms with Crippen LogP contribution in [0.4, 0.5) is 0 Å². The first kappa shape index (κ1) is 30.7. The summed E-state index contributed by atoms with van der Waals surface area (Å²) in [5.74, 6) is 0.210. The van der Waals surface area contributed by atoms with Crippen LogP contribution in [0.5, 0.6) is 0 Å². The molecule has 2 aliphatic carbocycles. The van der Waals surface area contributed by atoms with Crippen molar-refractivity contribution in [3.63, 3.8) is 0 Å². The Labute approximate surface area is 320 Å². The van der Waals surface area contributed by atoms with Gasteiger partial charge in [0.2, 0.25) is 0 Å². The molecule has 1 nitrogen and oxygen atoms in total. The monoisotopic (exact) mass is 699 g/mol. The van der Waals surface area contributed by atoms with Crippen LogP contribution in [0.25, 0.3) is 82.4 Å². The molecule has 55 heavy (non-hydrogen) atoms. The Balaban J connectivity index is 1.06. The van der Waals surface area contributed by atoms with Crippen molar-refractivity contribution >= 4 is 43.4 Å². The second kappa shape index (κ2) is 11.2. The number of rotatable bonds is 3. The molecule has 0 N–H and O–H groups in total. The van der Waals surface area contributed by atoms with Gasteiger partial charge in [-0.3, -0.25) is 0 Å². The van der Waals surface area contributed by atoms with E-state index in [0.29, 0.717) is 0 Å².